The number of hydrogen-bond acceptors (Lipinski definition) is 6. The average Bonchev–Trinajstić information content (AvgIpc) is 1.53. The number of aromatic amines is 4. The van der Waals surface area contributed by atoms with Gasteiger partial charge >= 0.3 is 0 Å². The Morgan fingerprint density at radius 2 is 0.534 bits per heavy atom. The Kier molecular flexibility index (Phi) is 13.7. The number of fused-ring (bicyclic) bond motifs is 24. The number of Topliss-reactive ketones (excluding diaryl/α,β-unsaturated/α-hetero) is 2. The molecule has 6 aromatic carbocycles. The van der Waals surface area contributed by atoms with Crippen LogP contribution in [0, 0.1) is 63.2 Å². The summed E-state index contributed by atoms with van der Waals surface area (Å²) in [6.07, 6.45) is 22.2. The zero-order chi connectivity index (χ0) is 68.9. The minimum Gasteiger partial charge on any atom is -0.355 e. The summed E-state index contributed by atoms with van der Waals surface area (Å²) >= 11 is 0. The molecule has 4 aliphatic heterocycles. The highest BCUT2D eigenvalue weighted by molar-refractivity contribution is 6.27. The number of aryl methyl sites for hydroxylation is 4. The zero-order valence-electron chi connectivity index (χ0n) is 57.2. The third kappa shape index (κ3) is 10.1. The van der Waals surface area contributed by atoms with Crippen LogP contribution in [0.1, 0.15) is 85.4 Å². The van der Waals surface area contributed by atoms with E-state index >= 15 is 9.59 Å². The number of ketones is 2. The van der Waals surface area contributed by atoms with Crippen molar-refractivity contribution >= 4 is 115 Å². The van der Waals surface area contributed by atoms with E-state index in [2.05, 4.69) is 315 Å². The molecule has 6 atom stereocenters. The van der Waals surface area contributed by atoms with Crippen molar-refractivity contribution < 1.29 is 9.59 Å². The molecule has 4 N–H and O–H groups in total. The Balaban J connectivity index is 0.642. The molecule has 20 rings (SSSR count). The van der Waals surface area contributed by atoms with Gasteiger partial charge in [0.25, 0.3) is 0 Å². The second kappa shape index (κ2) is 23.5. The highest BCUT2D eigenvalue weighted by Crippen LogP contribution is 2.66. The highest BCUT2D eigenvalue weighted by Gasteiger charge is 2.64. The zero-order valence-corrected chi connectivity index (χ0v) is 57.2. The van der Waals surface area contributed by atoms with Crippen LogP contribution in [0.5, 0.6) is 0 Å². The summed E-state index contributed by atoms with van der Waals surface area (Å²) < 4.78 is 0. The number of carbonyl (C=O) groups is 2. The predicted octanol–water partition coefficient (Wildman–Crippen LogP) is 21.6. The van der Waals surface area contributed by atoms with Crippen LogP contribution in [-0.4, -0.2) is 51.4 Å². The minimum absolute atomic E-state index is 0.00619. The molecule has 492 valence electrons. The minimum atomic E-state index is -0.174. The number of hydrogen-bond donors (Lipinski definition) is 4. The van der Waals surface area contributed by atoms with Crippen LogP contribution < -0.4 is 0 Å². The molecule has 4 aliphatic carbocycles. The second-order valence-electron chi connectivity index (χ2n) is 29.0. The largest absolute Gasteiger partial charge is 0.355 e. The van der Waals surface area contributed by atoms with Crippen molar-refractivity contribution in [3.8, 4) is 66.8 Å². The molecule has 10 heteroatoms. The summed E-state index contributed by atoms with van der Waals surface area (Å²) in [5.74, 6) is 0.164. The fourth-order valence-electron chi connectivity index (χ4n) is 17.7. The molecule has 0 radical (unpaired) electrons. The van der Waals surface area contributed by atoms with Crippen molar-refractivity contribution in [3.63, 3.8) is 0 Å². The van der Waals surface area contributed by atoms with Crippen LogP contribution in [0.3, 0.4) is 0 Å². The monoisotopic (exact) mass is 1330 g/mol. The number of benzene rings is 6. The molecule has 18 bridgehead atoms. The van der Waals surface area contributed by atoms with E-state index in [1.807, 2.05) is 0 Å². The summed E-state index contributed by atoms with van der Waals surface area (Å²) in [5.41, 5.74) is 34.3. The maximum absolute atomic E-state index is 15.2. The molecule has 103 heavy (non-hydrogen) atoms. The molecule has 2 fully saturated rings. The lowest BCUT2D eigenvalue weighted by Crippen LogP contribution is -2.35. The van der Waals surface area contributed by atoms with Crippen molar-refractivity contribution in [2.45, 2.75) is 34.1 Å². The molecule has 0 saturated heterocycles. The van der Waals surface area contributed by atoms with Gasteiger partial charge in [0.15, 0.2) is 11.6 Å². The van der Waals surface area contributed by atoms with Gasteiger partial charge in [-0.15, -0.1) is 0 Å². The van der Waals surface area contributed by atoms with Gasteiger partial charge in [-0.2, -0.15) is 0 Å². The van der Waals surface area contributed by atoms with Gasteiger partial charge in [0.1, 0.15) is 0 Å². The molecule has 4 unspecified atom stereocenters. The topological polar surface area (TPSA) is 149 Å². The molecule has 0 spiro atoms. The first kappa shape index (κ1) is 60.3. The molecular formula is C93H68N8O2. The van der Waals surface area contributed by atoms with Crippen molar-refractivity contribution in [3.05, 3.63) is 297 Å². The smallest absolute Gasteiger partial charge is 0.167 e. The van der Waals surface area contributed by atoms with E-state index in [9.17, 15) is 0 Å². The molecule has 10 nitrogen and oxygen atoms in total. The number of allylic oxidation sites excluding steroid dienone is 4. The summed E-state index contributed by atoms with van der Waals surface area (Å²) in [5, 5.41) is 0. The van der Waals surface area contributed by atoms with Crippen molar-refractivity contribution in [1.82, 2.24) is 39.9 Å². The molecular weight excluding hydrogens is 1260 g/mol. The molecule has 10 heterocycles. The lowest BCUT2D eigenvalue weighted by atomic mass is 9.70. The number of H-pyrrole nitrogens is 4. The summed E-state index contributed by atoms with van der Waals surface area (Å²) in [4.78, 5) is 67.0. The first-order valence-corrected chi connectivity index (χ1v) is 35.7. The van der Waals surface area contributed by atoms with Gasteiger partial charge in [-0.1, -0.05) is 180 Å². The quantitative estimate of drug-likeness (QED) is 0.119. The Labute approximate surface area is 595 Å². The Morgan fingerprint density at radius 3 is 0.845 bits per heavy atom. The fourth-order valence-corrected chi connectivity index (χ4v) is 17.7. The van der Waals surface area contributed by atoms with Gasteiger partial charge in [0.05, 0.1) is 45.6 Å². The lowest BCUT2D eigenvalue weighted by Gasteiger charge is -2.31. The molecule has 6 aromatic heterocycles. The third-order valence-electron chi connectivity index (χ3n) is 22.6. The number of nitrogens with one attached hydrogen (secondary N) is 4. The maximum Gasteiger partial charge on any atom is 0.167 e. The Bertz CT molecular complexity index is 5750. The maximum atomic E-state index is 15.2. The van der Waals surface area contributed by atoms with Crippen molar-refractivity contribution in [2.75, 3.05) is 0 Å². The van der Waals surface area contributed by atoms with E-state index in [0.717, 1.165) is 185 Å². The van der Waals surface area contributed by atoms with E-state index in [0.29, 0.717) is 0 Å². The third-order valence-corrected chi connectivity index (χ3v) is 22.6. The van der Waals surface area contributed by atoms with Crippen LogP contribution in [0.25, 0.3) is 171 Å². The van der Waals surface area contributed by atoms with Gasteiger partial charge in [-0.05, 0) is 212 Å². The van der Waals surface area contributed by atoms with Crippen molar-refractivity contribution in [2.24, 2.45) is 35.5 Å². The summed E-state index contributed by atoms with van der Waals surface area (Å²) in [6, 6.07) is 72.8. The van der Waals surface area contributed by atoms with E-state index in [1.165, 1.54) is 22.3 Å². The number of aromatic nitrogens is 8. The van der Waals surface area contributed by atoms with Gasteiger partial charge < -0.3 is 19.9 Å². The number of nitrogens with zero attached hydrogens (tertiary/aromatic N) is 4. The first-order chi connectivity index (χ1) is 50.4. The van der Waals surface area contributed by atoms with Crippen LogP contribution in [-0.2, 0) is 9.59 Å². The van der Waals surface area contributed by atoms with E-state index in [4.69, 9.17) is 19.9 Å². The second-order valence-corrected chi connectivity index (χ2v) is 29.0. The lowest BCUT2D eigenvalue weighted by molar-refractivity contribution is -0.124. The molecule has 8 aliphatic rings. The predicted molar refractivity (Wildman–Crippen MR) is 421 cm³/mol. The normalized spacial score (nSPS) is 18.8. The van der Waals surface area contributed by atoms with Crippen LogP contribution in [0.2, 0.25) is 0 Å². The first-order valence-electron chi connectivity index (χ1n) is 35.7. The van der Waals surface area contributed by atoms with Gasteiger partial charge in [-0.3, -0.25) is 9.59 Å². The number of rotatable bonds is 8. The SMILES string of the molecule is Cc1ccc(-c2c3nc(c(-c4ccc(C5=CC6C(C5=O)[C@H]5C[C@@H]6C6C(=O)C(c7ccc(-c8c9nc(c(-c%10ccc(C)cc%10)c%10ccc(cc%11nc(c(-c%12ccc(C)cc%12)c%12ccc8[nH]%12)C=C%11)[nH]%10)C=C9)cc7)=CC65)cc4)c4ccc([nH]4)c(-c4ccc(C)cc4)c4nc(cc5ccc2[nH]5)C=C4)C=C3)cc1. The van der Waals surface area contributed by atoms with E-state index in [-0.39, 0.29) is 47.1 Å². The molecule has 2 saturated carbocycles. The van der Waals surface area contributed by atoms with Gasteiger partial charge in [0, 0.05) is 100 Å². The van der Waals surface area contributed by atoms with E-state index < -0.39 is 0 Å². The highest BCUT2D eigenvalue weighted by atomic mass is 16.1. The average molecular weight is 1330 g/mol. The standard InChI is InChI=1S/C93H68N8O2/c1-50-5-13-56(14-6-50)84-72-33-29-62(94-72)45-63-30-34-73(95-63)85(57-15-7-51(2)8-16-57)77-38-42-81(99-77)88(80-41-37-76(84)98-80)60-25-21-54(22-26-60)66-47-68-70-49-71(90(68)92(66)102)69-48-67(93(103)91(69)70)55-23-27-61(28-24-55)89-82-43-39-78(100-82)86(58-17-9-52(3)10-18-58)74-35-31-64(96-74)46-65-32-36-75(97-65)87(79-40-44-83(89)101-79)59-19-11-53(4)12-20-59/h5-48,68-71,90-91,94,96,99,101H,49H2,1-4H3/t68?,69?,70-,71-,90?,91?/m0/s1. The van der Waals surface area contributed by atoms with Gasteiger partial charge in [-0.25, -0.2) is 19.9 Å². The van der Waals surface area contributed by atoms with Gasteiger partial charge in [0.2, 0.25) is 0 Å². The molecule has 0 amide bonds. The number of carbonyl (C=O) groups excluding carboxylic acids is 2. The van der Waals surface area contributed by atoms with Crippen LogP contribution in [0.4, 0.5) is 0 Å². The Hall–Kier alpha value is -12.7. The van der Waals surface area contributed by atoms with E-state index in [1.54, 1.807) is 0 Å². The summed E-state index contributed by atoms with van der Waals surface area (Å²) in [7, 11) is 0. The molecule has 12 aromatic rings. The Morgan fingerprint density at radius 1 is 0.282 bits per heavy atom. The van der Waals surface area contributed by atoms with Crippen LogP contribution in [0.15, 0.2) is 218 Å². The fraction of sp³-hybridized carbons (Fsp3) is 0.118. The van der Waals surface area contributed by atoms with Crippen molar-refractivity contribution in [1.29, 1.82) is 0 Å². The summed E-state index contributed by atoms with van der Waals surface area (Å²) in [6.45, 7) is 8.43. The van der Waals surface area contributed by atoms with Crippen LogP contribution >= 0.6 is 0 Å².